The highest BCUT2D eigenvalue weighted by atomic mass is 79.9. The molecule has 0 fully saturated rings. The number of pyridine rings is 1. The van der Waals surface area contributed by atoms with Crippen molar-refractivity contribution in [2.75, 3.05) is 0 Å². The first kappa shape index (κ1) is 13.5. The van der Waals surface area contributed by atoms with Gasteiger partial charge >= 0.3 is 0 Å². The topological polar surface area (TPSA) is 48.1 Å². The molecule has 0 amide bonds. The first-order valence-electron chi connectivity index (χ1n) is 6.51. The normalized spacial score (nSPS) is 13.3. The smallest absolute Gasteiger partial charge is 0.223 e. The highest BCUT2D eigenvalue weighted by molar-refractivity contribution is 9.10. The zero-order valence-electron chi connectivity index (χ0n) is 10.8. The molecule has 104 valence electrons. The van der Waals surface area contributed by atoms with E-state index in [4.69, 9.17) is 10.5 Å². The van der Waals surface area contributed by atoms with E-state index in [1.165, 1.54) is 17.7 Å². The van der Waals surface area contributed by atoms with Crippen molar-refractivity contribution in [1.82, 2.24) is 4.98 Å². The largest absolute Gasteiger partial charge is 0.439 e. The molecule has 1 aliphatic carbocycles. The Morgan fingerprint density at radius 1 is 1.25 bits per heavy atom. The van der Waals surface area contributed by atoms with Crippen LogP contribution < -0.4 is 10.5 Å². The molecule has 0 saturated heterocycles. The average molecular weight is 337 g/mol. The van der Waals surface area contributed by atoms with Gasteiger partial charge in [-0.05, 0) is 43.0 Å². The molecule has 0 unspecified atom stereocenters. The van der Waals surface area contributed by atoms with E-state index in [1.54, 1.807) is 6.07 Å². The Morgan fingerprint density at radius 2 is 2.10 bits per heavy atom. The Labute approximate surface area is 125 Å². The summed E-state index contributed by atoms with van der Waals surface area (Å²) in [5.41, 5.74) is 8.92. The number of fused-ring (bicyclic) bond motifs is 1. The molecule has 1 aromatic carbocycles. The predicted octanol–water partition coefficient (Wildman–Crippen LogP) is 3.72. The van der Waals surface area contributed by atoms with Gasteiger partial charge in [0.05, 0.1) is 0 Å². The molecule has 3 rings (SSSR count). The summed E-state index contributed by atoms with van der Waals surface area (Å²) in [6.07, 6.45) is 3.12. The lowest BCUT2D eigenvalue weighted by molar-refractivity contribution is 0.449. The lowest BCUT2D eigenvalue weighted by Crippen LogP contribution is -2.04. The Bertz CT molecular complexity index is 640. The Balaban J connectivity index is 1.97. The SMILES string of the molecule is NCc1cc2c(nc1Oc1cc(F)cc(Br)c1)CCC2. The fourth-order valence-electron chi connectivity index (χ4n) is 2.43. The van der Waals surface area contributed by atoms with Crippen molar-refractivity contribution in [3.05, 3.63) is 51.4 Å². The van der Waals surface area contributed by atoms with Crippen LogP contribution in [0.2, 0.25) is 0 Å². The maximum atomic E-state index is 13.4. The average Bonchev–Trinajstić information content (AvgIpc) is 2.83. The monoisotopic (exact) mass is 336 g/mol. The van der Waals surface area contributed by atoms with E-state index in [2.05, 4.69) is 27.0 Å². The fraction of sp³-hybridized carbons (Fsp3) is 0.267. The van der Waals surface area contributed by atoms with Gasteiger partial charge in [-0.2, -0.15) is 0 Å². The van der Waals surface area contributed by atoms with E-state index in [0.717, 1.165) is 30.5 Å². The van der Waals surface area contributed by atoms with Gasteiger partial charge in [-0.3, -0.25) is 0 Å². The van der Waals surface area contributed by atoms with Crippen LogP contribution in [0.4, 0.5) is 4.39 Å². The van der Waals surface area contributed by atoms with Crippen LogP contribution >= 0.6 is 15.9 Å². The third-order valence-electron chi connectivity index (χ3n) is 3.36. The molecule has 5 heteroatoms. The van der Waals surface area contributed by atoms with Crippen molar-refractivity contribution >= 4 is 15.9 Å². The number of halogens is 2. The van der Waals surface area contributed by atoms with Gasteiger partial charge in [-0.1, -0.05) is 15.9 Å². The van der Waals surface area contributed by atoms with E-state index in [9.17, 15) is 4.39 Å². The zero-order valence-corrected chi connectivity index (χ0v) is 12.4. The minimum absolute atomic E-state index is 0.353. The summed E-state index contributed by atoms with van der Waals surface area (Å²) >= 11 is 3.25. The molecule has 3 nitrogen and oxygen atoms in total. The second kappa shape index (κ2) is 5.50. The molecule has 0 aliphatic heterocycles. The van der Waals surface area contributed by atoms with E-state index < -0.39 is 0 Å². The van der Waals surface area contributed by atoms with Crippen LogP contribution in [-0.4, -0.2) is 4.98 Å². The van der Waals surface area contributed by atoms with Crippen molar-refractivity contribution in [1.29, 1.82) is 0 Å². The van der Waals surface area contributed by atoms with Crippen LogP contribution in [0, 0.1) is 5.82 Å². The molecule has 0 atom stereocenters. The van der Waals surface area contributed by atoms with Crippen LogP contribution in [0.15, 0.2) is 28.7 Å². The number of hydrogen-bond donors (Lipinski definition) is 1. The highest BCUT2D eigenvalue weighted by Gasteiger charge is 2.17. The zero-order chi connectivity index (χ0) is 14.1. The second-order valence-corrected chi connectivity index (χ2v) is 5.74. The molecule has 0 radical (unpaired) electrons. The third-order valence-corrected chi connectivity index (χ3v) is 3.82. The third kappa shape index (κ3) is 2.69. The van der Waals surface area contributed by atoms with Gasteiger partial charge in [0.15, 0.2) is 0 Å². The summed E-state index contributed by atoms with van der Waals surface area (Å²) in [6.45, 7) is 0.353. The molecule has 1 aromatic heterocycles. The van der Waals surface area contributed by atoms with Gasteiger partial charge in [0.2, 0.25) is 5.88 Å². The van der Waals surface area contributed by atoms with Crippen LogP contribution in [-0.2, 0) is 19.4 Å². The molecule has 2 N–H and O–H groups in total. The van der Waals surface area contributed by atoms with Crippen molar-refractivity contribution in [2.24, 2.45) is 5.73 Å². The Hall–Kier alpha value is -1.46. The molecular formula is C15H14BrFN2O. The van der Waals surface area contributed by atoms with E-state index in [0.29, 0.717) is 22.6 Å². The van der Waals surface area contributed by atoms with E-state index in [1.807, 2.05) is 0 Å². The van der Waals surface area contributed by atoms with Crippen LogP contribution in [0.5, 0.6) is 11.6 Å². The molecule has 0 bridgehead atoms. The summed E-state index contributed by atoms with van der Waals surface area (Å²) in [6, 6.07) is 6.48. The highest BCUT2D eigenvalue weighted by Crippen LogP contribution is 2.30. The van der Waals surface area contributed by atoms with Crippen molar-refractivity contribution in [3.63, 3.8) is 0 Å². The first-order valence-corrected chi connectivity index (χ1v) is 7.30. The summed E-state index contributed by atoms with van der Waals surface area (Å²) < 4.78 is 19.7. The fourth-order valence-corrected chi connectivity index (χ4v) is 2.88. The van der Waals surface area contributed by atoms with Gasteiger partial charge in [0.1, 0.15) is 11.6 Å². The quantitative estimate of drug-likeness (QED) is 0.929. The maximum Gasteiger partial charge on any atom is 0.223 e. The summed E-state index contributed by atoms with van der Waals surface area (Å²) in [5.74, 6) is 0.535. The molecule has 0 spiro atoms. The van der Waals surface area contributed by atoms with E-state index >= 15 is 0 Å². The van der Waals surface area contributed by atoms with Crippen LogP contribution in [0.3, 0.4) is 0 Å². The van der Waals surface area contributed by atoms with Gasteiger partial charge in [-0.25, -0.2) is 9.37 Å². The molecular weight excluding hydrogens is 323 g/mol. The number of hydrogen-bond acceptors (Lipinski definition) is 3. The lowest BCUT2D eigenvalue weighted by Gasteiger charge is -2.11. The van der Waals surface area contributed by atoms with Gasteiger partial charge < -0.3 is 10.5 Å². The number of ether oxygens (including phenoxy) is 1. The number of nitrogens with zero attached hydrogens (tertiary/aromatic N) is 1. The molecule has 1 heterocycles. The van der Waals surface area contributed by atoms with Crippen molar-refractivity contribution < 1.29 is 9.13 Å². The minimum atomic E-state index is -0.357. The lowest BCUT2D eigenvalue weighted by atomic mass is 10.1. The number of benzene rings is 1. The van der Waals surface area contributed by atoms with Gasteiger partial charge in [0.25, 0.3) is 0 Å². The Morgan fingerprint density at radius 3 is 2.85 bits per heavy atom. The first-order chi connectivity index (χ1) is 9.65. The van der Waals surface area contributed by atoms with Gasteiger partial charge in [0, 0.05) is 28.3 Å². The number of aryl methyl sites for hydroxylation is 2. The molecule has 20 heavy (non-hydrogen) atoms. The van der Waals surface area contributed by atoms with Crippen LogP contribution in [0.1, 0.15) is 23.2 Å². The summed E-state index contributed by atoms with van der Waals surface area (Å²) in [5, 5.41) is 0. The van der Waals surface area contributed by atoms with Crippen molar-refractivity contribution in [3.8, 4) is 11.6 Å². The minimum Gasteiger partial charge on any atom is -0.439 e. The molecule has 0 saturated carbocycles. The second-order valence-electron chi connectivity index (χ2n) is 4.82. The number of aromatic nitrogens is 1. The van der Waals surface area contributed by atoms with E-state index in [-0.39, 0.29) is 5.82 Å². The number of nitrogens with two attached hydrogens (primary N) is 1. The van der Waals surface area contributed by atoms with Crippen LogP contribution in [0.25, 0.3) is 0 Å². The summed E-state index contributed by atoms with van der Waals surface area (Å²) in [4.78, 5) is 4.54. The number of rotatable bonds is 3. The Kier molecular flexibility index (Phi) is 3.72. The predicted molar refractivity (Wildman–Crippen MR) is 78.3 cm³/mol. The van der Waals surface area contributed by atoms with Crippen molar-refractivity contribution in [2.45, 2.75) is 25.8 Å². The molecule has 2 aromatic rings. The maximum absolute atomic E-state index is 13.4. The summed E-state index contributed by atoms with van der Waals surface area (Å²) in [7, 11) is 0. The van der Waals surface area contributed by atoms with Gasteiger partial charge in [-0.15, -0.1) is 0 Å². The molecule has 1 aliphatic rings. The standard InChI is InChI=1S/C15H14BrFN2O/c16-11-5-12(17)7-13(6-11)20-15-10(8-18)4-9-2-1-3-14(9)19-15/h4-7H,1-3,8,18H2.